The third kappa shape index (κ3) is 4.50. The molecular weight excluding hydrogens is 404 g/mol. The van der Waals surface area contributed by atoms with Crippen molar-refractivity contribution < 1.29 is 18.3 Å². The Balaban J connectivity index is 1.51. The minimum absolute atomic E-state index is 0.0245. The molecule has 1 aromatic carbocycles. The van der Waals surface area contributed by atoms with Crippen molar-refractivity contribution in [1.82, 2.24) is 20.1 Å². The Morgan fingerprint density at radius 2 is 2.06 bits per heavy atom. The number of anilines is 1. The lowest BCUT2D eigenvalue weighted by Gasteiger charge is -2.26. The molecule has 0 saturated heterocycles. The van der Waals surface area contributed by atoms with E-state index >= 15 is 0 Å². The summed E-state index contributed by atoms with van der Waals surface area (Å²) in [5.74, 6) is -3.69. The number of nitrogen functional groups attached to an aromatic ring is 1. The number of hydrogen-bond acceptors (Lipinski definition) is 5. The summed E-state index contributed by atoms with van der Waals surface area (Å²) >= 11 is 0. The molecule has 0 bridgehead atoms. The highest BCUT2D eigenvalue weighted by Crippen LogP contribution is 2.40. The second kappa shape index (κ2) is 8.33. The summed E-state index contributed by atoms with van der Waals surface area (Å²) in [6.45, 7) is 0.0774. The van der Waals surface area contributed by atoms with Crippen LogP contribution in [0.1, 0.15) is 23.2 Å². The number of amides is 1. The normalized spacial score (nSPS) is 19.8. The number of hydrogen-bond donors (Lipinski definition) is 2. The number of nitrogens with one attached hydrogen (secondary N) is 1. The summed E-state index contributed by atoms with van der Waals surface area (Å²) in [4.78, 5) is 17.0. The van der Waals surface area contributed by atoms with Crippen molar-refractivity contribution in [3.8, 4) is 16.9 Å². The molecule has 3 aromatic rings. The monoisotopic (exact) mass is 427 g/mol. The molecule has 0 spiro atoms. The number of halogens is 2. The molecule has 7 nitrogen and oxygen atoms in total. The second-order valence-corrected chi connectivity index (χ2v) is 7.69. The lowest BCUT2D eigenvalue weighted by molar-refractivity contribution is -0.0258. The van der Waals surface area contributed by atoms with Gasteiger partial charge in [0.1, 0.15) is 11.6 Å². The average molecular weight is 427 g/mol. The number of ether oxygens (including phenoxy) is 1. The SMILES string of the molecule is Cn1cc(-c2cnc(N)c(C(=O)NC3C(COc4ccccc4)CCC3(F)F)c2)cn1. The van der Waals surface area contributed by atoms with Crippen LogP contribution in [0, 0.1) is 5.92 Å². The first-order chi connectivity index (χ1) is 14.8. The summed E-state index contributed by atoms with van der Waals surface area (Å²) < 4.78 is 36.4. The highest BCUT2D eigenvalue weighted by atomic mass is 19.3. The topological polar surface area (TPSA) is 95.1 Å². The second-order valence-electron chi connectivity index (χ2n) is 7.69. The van der Waals surface area contributed by atoms with E-state index in [-0.39, 0.29) is 30.8 Å². The molecule has 1 aliphatic carbocycles. The zero-order valence-electron chi connectivity index (χ0n) is 17.0. The number of alkyl halides is 2. The van der Waals surface area contributed by atoms with Crippen molar-refractivity contribution >= 4 is 11.7 Å². The molecule has 2 unspecified atom stereocenters. The standard InChI is InChI=1S/C22H23F2N5O2/c1-29-12-16(11-27-29)15-9-18(20(25)26-10-15)21(30)28-19-14(7-8-22(19,23)24)13-31-17-5-3-2-4-6-17/h2-6,9-12,14,19H,7-8,13H2,1H3,(H2,25,26)(H,28,30). The van der Waals surface area contributed by atoms with Crippen LogP contribution in [0.3, 0.4) is 0 Å². The number of benzene rings is 1. The van der Waals surface area contributed by atoms with E-state index in [4.69, 9.17) is 10.5 Å². The maximum Gasteiger partial charge on any atom is 0.268 e. The van der Waals surface area contributed by atoms with Crippen LogP contribution in [0.4, 0.5) is 14.6 Å². The number of aryl methyl sites for hydroxylation is 1. The van der Waals surface area contributed by atoms with Gasteiger partial charge in [0, 0.05) is 42.9 Å². The van der Waals surface area contributed by atoms with Gasteiger partial charge in [-0.2, -0.15) is 5.10 Å². The molecule has 0 radical (unpaired) electrons. The third-order valence-electron chi connectivity index (χ3n) is 5.47. The van der Waals surface area contributed by atoms with E-state index in [1.807, 2.05) is 18.2 Å². The molecule has 9 heteroatoms. The summed E-state index contributed by atoms with van der Waals surface area (Å²) in [7, 11) is 1.77. The van der Waals surface area contributed by atoms with Gasteiger partial charge < -0.3 is 15.8 Å². The van der Waals surface area contributed by atoms with Crippen molar-refractivity contribution in [3.63, 3.8) is 0 Å². The zero-order chi connectivity index (χ0) is 22.0. The average Bonchev–Trinajstić information content (AvgIpc) is 3.31. The fourth-order valence-electron chi connectivity index (χ4n) is 3.77. The molecule has 2 heterocycles. The Hall–Kier alpha value is -3.49. The maximum atomic E-state index is 14.6. The van der Waals surface area contributed by atoms with Crippen molar-refractivity contribution in [2.24, 2.45) is 13.0 Å². The molecule has 0 aliphatic heterocycles. The summed E-state index contributed by atoms with van der Waals surface area (Å²) in [5.41, 5.74) is 7.29. The molecule has 162 valence electrons. The molecular formula is C22H23F2N5O2. The molecule has 4 rings (SSSR count). The largest absolute Gasteiger partial charge is 0.493 e. The molecule has 1 fully saturated rings. The van der Waals surface area contributed by atoms with Crippen molar-refractivity contribution in [2.75, 3.05) is 12.3 Å². The number of para-hydroxylation sites is 1. The number of rotatable bonds is 6. The third-order valence-corrected chi connectivity index (χ3v) is 5.47. The van der Waals surface area contributed by atoms with Gasteiger partial charge in [-0.1, -0.05) is 18.2 Å². The van der Waals surface area contributed by atoms with Crippen LogP contribution in [0.25, 0.3) is 11.1 Å². The van der Waals surface area contributed by atoms with Gasteiger partial charge in [0.05, 0.1) is 24.4 Å². The van der Waals surface area contributed by atoms with Gasteiger partial charge in [-0.3, -0.25) is 9.48 Å². The highest BCUT2D eigenvalue weighted by molar-refractivity contribution is 5.99. The van der Waals surface area contributed by atoms with Gasteiger partial charge in [0.25, 0.3) is 11.8 Å². The first-order valence-electron chi connectivity index (χ1n) is 9.94. The Kier molecular flexibility index (Phi) is 5.58. The summed E-state index contributed by atoms with van der Waals surface area (Å²) in [6, 6.07) is 9.17. The Morgan fingerprint density at radius 3 is 2.77 bits per heavy atom. The number of aromatic nitrogens is 3. The van der Waals surface area contributed by atoms with E-state index in [1.54, 1.807) is 36.3 Å². The first kappa shape index (κ1) is 20.8. The number of carbonyl (C=O) groups is 1. The van der Waals surface area contributed by atoms with Gasteiger partial charge in [-0.05, 0) is 24.6 Å². The lowest BCUT2D eigenvalue weighted by atomic mass is 10.0. The summed E-state index contributed by atoms with van der Waals surface area (Å²) in [5, 5.41) is 6.58. The minimum atomic E-state index is -3.04. The van der Waals surface area contributed by atoms with E-state index in [1.165, 1.54) is 12.3 Å². The molecule has 2 atom stereocenters. The van der Waals surface area contributed by atoms with Crippen LogP contribution in [-0.4, -0.2) is 39.2 Å². The number of nitrogens with two attached hydrogens (primary N) is 1. The van der Waals surface area contributed by atoms with Crippen molar-refractivity contribution in [1.29, 1.82) is 0 Å². The van der Waals surface area contributed by atoms with Crippen LogP contribution in [0.15, 0.2) is 55.0 Å². The minimum Gasteiger partial charge on any atom is -0.493 e. The number of carbonyl (C=O) groups excluding carboxylic acids is 1. The van der Waals surface area contributed by atoms with Gasteiger partial charge in [-0.15, -0.1) is 0 Å². The van der Waals surface area contributed by atoms with Crippen LogP contribution in [-0.2, 0) is 7.05 Å². The Bertz CT molecular complexity index is 1070. The highest BCUT2D eigenvalue weighted by Gasteiger charge is 2.51. The molecule has 1 saturated carbocycles. The summed E-state index contributed by atoms with van der Waals surface area (Å²) in [6.07, 6.45) is 4.83. The van der Waals surface area contributed by atoms with Crippen LogP contribution >= 0.6 is 0 Å². The number of pyridine rings is 1. The zero-order valence-corrected chi connectivity index (χ0v) is 17.0. The van der Waals surface area contributed by atoms with Crippen molar-refractivity contribution in [2.45, 2.75) is 24.8 Å². The Labute approximate surface area is 178 Å². The number of nitrogens with zero attached hydrogens (tertiary/aromatic N) is 3. The van der Waals surface area contributed by atoms with Gasteiger partial charge in [-0.25, -0.2) is 13.8 Å². The van der Waals surface area contributed by atoms with Gasteiger partial charge in [0.15, 0.2) is 0 Å². The van der Waals surface area contributed by atoms with Crippen LogP contribution in [0.2, 0.25) is 0 Å². The van der Waals surface area contributed by atoms with Crippen LogP contribution < -0.4 is 15.8 Å². The molecule has 1 aliphatic rings. The quantitative estimate of drug-likeness (QED) is 0.630. The van der Waals surface area contributed by atoms with E-state index in [2.05, 4.69) is 15.4 Å². The molecule has 2 aromatic heterocycles. The predicted octanol–water partition coefficient (Wildman–Crippen LogP) is 3.29. The van der Waals surface area contributed by atoms with E-state index in [9.17, 15) is 13.6 Å². The molecule has 3 N–H and O–H groups in total. The van der Waals surface area contributed by atoms with E-state index in [0.717, 1.165) is 5.56 Å². The molecule has 31 heavy (non-hydrogen) atoms. The predicted molar refractivity (Wildman–Crippen MR) is 112 cm³/mol. The van der Waals surface area contributed by atoms with Crippen LogP contribution in [0.5, 0.6) is 5.75 Å². The molecule has 1 amide bonds. The Morgan fingerprint density at radius 1 is 1.29 bits per heavy atom. The van der Waals surface area contributed by atoms with Gasteiger partial charge in [0.2, 0.25) is 0 Å². The fraction of sp³-hybridized carbons (Fsp3) is 0.318. The smallest absolute Gasteiger partial charge is 0.268 e. The lowest BCUT2D eigenvalue weighted by Crippen LogP contribution is -2.48. The maximum absolute atomic E-state index is 14.6. The van der Waals surface area contributed by atoms with Gasteiger partial charge >= 0.3 is 0 Å². The van der Waals surface area contributed by atoms with E-state index in [0.29, 0.717) is 11.3 Å². The first-order valence-corrected chi connectivity index (χ1v) is 9.94. The fourth-order valence-corrected chi connectivity index (χ4v) is 3.77. The van der Waals surface area contributed by atoms with E-state index < -0.39 is 23.8 Å². The van der Waals surface area contributed by atoms with Crippen molar-refractivity contribution in [3.05, 3.63) is 60.6 Å².